The van der Waals surface area contributed by atoms with E-state index in [-0.39, 0.29) is 18.9 Å². The molecule has 2 heterocycles. The minimum absolute atomic E-state index is 0.0199. The highest BCUT2D eigenvalue weighted by Gasteiger charge is 2.38. The zero-order valence-electron chi connectivity index (χ0n) is 15.9. The third kappa shape index (κ3) is 3.85. The maximum absolute atomic E-state index is 13.1. The number of para-hydroxylation sites is 1. The van der Waals surface area contributed by atoms with Gasteiger partial charge in [-0.15, -0.1) is 0 Å². The van der Waals surface area contributed by atoms with Crippen molar-refractivity contribution in [3.05, 3.63) is 77.0 Å². The van der Waals surface area contributed by atoms with Crippen LogP contribution in [0, 0.1) is 0 Å². The number of halogens is 3. The van der Waals surface area contributed by atoms with E-state index in [0.717, 1.165) is 6.08 Å². The zero-order chi connectivity index (χ0) is 21.3. The molecule has 8 heteroatoms. The number of carbonyl (C=O) groups excluding carboxylic acids is 1. The van der Waals surface area contributed by atoms with Crippen LogP contribution in [0.1, 0.15) is 34.8 Å². The van der Waals surface area contributed by atoms with Crippen LogP contribution in [0.5, 0.6) is 5.75 Å². The molecule has 0 aromatic heterocycles. The Balaban J connectivity index is 1.75. The molecule has 0 amide bonds. The van der Waals surface area contributed by atoms with Crippen molar-refractivity contribution in [1.29, 1.82) is 0 Å². The number of aliphatic imine (C=N–C) groups is 2. The van der Waals surface area contributed by atoms with Gasteiger partial charge in [0.15, 0.2) is 0 Å². The summed E-state index contributed by atoms with van der Waals surface area (Å²) < 4.78 is 50.0. The fourth-order valence-electron chi connectivity index (χ4n) is 3.24. The van der Waals surface area contributed by atoms with Crippen LogP contribution in [0.4, 0.5) is 13.2 Å². The first-order valence-electron chi connectivity index (χ1n) is 9.35. The van der Waals surface area contributed by atoms with Crippen LogP contribution in [0.15, 0.2) is 70.3 Å². The SMILES string of the molecule is CCOC(=O)c1ccc(C2=NC3CC=C(C(F)(F)F)N=C3Oc3ccccc32)cc1. The van der Waals surface area contributed by atoms with Crippen molar-refractivity contribution in [1.82, 2.24) is 0 Å². The lowest BCUT2D eigenvalue weighted by Gasteiger charge is -2.19. The van der Waals surface area contributed by atoms with Gasteiger partial charge in [-0.2, -0.15) is 13.2 Å². The van der Waals surface area contributed by atoms with Crippen LogP contribution in [0.2, 0.25) is 0 Å². The molecule has 1 atom stereocenters. The standard InChI is InChI=1S/C22H17F3N2O3/c1-2-29-21(28)14-9-7-13(8-10-14)19-15-5-3-4-6-17(15)30-20-16(26-19)11-12-18(27-20)22(23,24)25/h3-10,12,16H,2,11H2,1H3. The number of rotatable bonds is 3. The highest BCUT2D eigenvalue weighted by Crippen LogP contribution is 2.34. The first-order valence-corrected chi connectivity index (χ1v) is 9.35. The second-order valence-electron chi connectivity index (χ2n) is 6.66. The number of ether oxygens (including phenoxy) is 2. The molecule has 0 radical (unpaired) electrons. The van der Waals surface area contributed by atoms with Crippen LogP contribution in [0.3, 0.4) is 0 Å². The molecule has 0 fully saturated rings. The Morgan fingerprint density at radius 3 is 2.60 bits per heavy atom. The summed E-state index contributed by atoms with van der Waals surface area (Å²) >= 11 is 0. The number of esters is 1. The molecule has 4 rings (SSSR count). The van der Waals surface area contributed by atoms with Crippen molar-refractivity contribution in [2.24, 2.45) is 9.98 Å². The Morgan fingerprint density at radius 2 is 1.90 bits per heavy atom. The summed E-state index contributed by atoms with van der Waals surface area (Å²) in [5.41, 5.74) is 1.30. The molecule has 0 spiro atoms. The van der Waals surface area contributed by atoms with E-state index in [1.807, 2.05) is 0 Å². The normalized spacial score (nSPS) is 18.0. The van der Waals surface area contributed by atoms with Crippen molar-refractivity contribution in [2.45, 2.75) is 25.6 Å². The summed E-state index contributed by atoms with van der Waals surface area (Å²) in [5, 5.41) is 0. The van der Waals surface area contributed by atoms with Gasteiger partial charge in [0.2, 0.25) is 5.90 Å². The summed E-state index contributed by atoms with van der Waals surface area (Å²) in [6.45, 7) is 2.00. The van der Waals surface area contributed by atoms with Gasteiger partial charge >= 0.3 is 12.1 Å². The van der Waals surface area contributed by atoms with Crippen LogP contribution >= 0.6 is 0 Å². The van der Waals surface area contributed by atoms with E-state index in [0.29, 0.717) is 28.2 Å². The number of hydrogen-bond acceptors (Lipinski definition) is 5. The van der Waals surface area contributed by atoms with E-state index in [2.05, 4.69) is 9.98 Å². The van der Waals surface area contributed by atoms with Crippen molar-refractivity contribution in [3.8, 4) is 5.75 Å². The molecule has 0 aliphatic carbocycles. The minimum atomic E-state index is -4.55. The van der Waals surface area contributed by atoms with Crippen molar-refractivity contribution in [3.63, 3.8) is 0 Å². The number of hydrogen-bond donors (Lipinski definition) is 0. The van der Waals surface area contributed by atoms with E-state index < -0.39 is 23.9 Å². The maximum atomic E-state index is 13.1. The third-order valence-electron chi connectivity index (χ3n) is 4.65. The number of nitrogens with zero attached hydrogens (tertiary/aromatic N) is 2. The summed E-state index contributed by atoms with van der Waals surface area (Å²) in [5.74, 6) is -0.145. The van der Waals surface area contributed by atoms with Gasteiger partial charge in [0.05, 0.1) is 17.9 Å². The molecule has 2 aromatic rings. The predicted molar refractivity (Wildman–Crippen MR) is 105 cm³/mol. The van der Waals surface area contributed by atoms with Crippen LogP contribution in [0.25, 0.3) is 0 Å². The number of allylic oxidation sites excluding steroid dienone is 1. The fraction of sp³-hybridized carbons (Fsp3) is 0.227. The smallest absolute Gasteiger partial charge is 0.433 e. The quantitative estimate of drug-likeness (QED) is 0.684. The molecule has 0 saturated heterocycles. The van der Waals surface area contributed by atoms with Gasteiger partial charge in [0.1, 0.15) is 17.5 Å². The topological polar surface area (TPSA) is 60.2 Å². The van der Waals surface area contributed by atoms with Gasteiger partial charge in [-0.3, -0.25) is 4.99 Å². The second-order valence-corrected chi connectivity index (χ2v) is 6.66. The molecule has 154 valence electrons. The van der Waals surface area contributed by atoms with Crippen molar-refractivity contribution in [2.75, 3.05) is 6.61 Å². The van der Waals surface area contributed by atoms with Gasteiger partial charge in [0, 0.05) is 11.1 Å². The van der Waals surface area contributed by atoms with Gasteiger partial charge in [-0.05, 0) is 37.6 Å². The third-order valence-corrected chi connectivity index (χ3v) is 4.65. The molecule has 0 saturated carbocycles. The lowest BCUT2D eigenvalue weighted by molar-refractivity contribution is -0.0929. The van der Waals surface area contributed by atoms with Crippen LogP contribution in [-0.4, -0.2) is 36.4 Å². The number of benzene rings is 2. The summed E-state index contributed by atoms with van der Waals surface area (Å²) in [6.07, 6.45) is -3.51. The van der Waals surface area contributed by atoms with Gasteiger partial charge in [0.25, 0.3) is 0 Å². The number of carbonyl (C=O) groups is 1. The van der Waals surface area contributed by atoms with Gasteiger partial charge in [-0.1, -0.05) is 30.3 Å². The highest BCUT2D eigenvalue weighted by molar-refractivity contribution is 6.16. The van der Waals surface area contributed by atoms with E-state index >= 15 is 0 Å². The number of alkyl halides is 3. The Kier molecular flexibility index (Phi) is 5.15. The average Bonchev–Trinajstić information content (AvgIpc) is 2.89. The van der Waals surface area contributed by atoms with Crippen molar-refractivity contribution < 1.29 is 27.4 Å². The number of fused-ring (bicyclic) bond motifs is 2. The van der Waals surface area contributed by atoms with Gasteiger partial charge in [-0.25, -0.2) is 9.79 Å². The van der Waals surface area contributed by atoms with E-state index in [1.54, 1.807) is 55.5 Å². The minimum Gasteiger partial charge on any atom is -0.462 e. The highest BCUT2D eigenvalue weighted by atomic mass is 19.4. The molecule has 0 N–H and O–H groups in total. The van der Waals surface area contributed by atoms with E-state index in [9.17, 15) is 18.0 Å². The molecule has 0 bridgehead atoms. The molecule has 2 aliphatic rings. The molecule has 1 unspecified atom stereocenters. The average molecular weight is 414 g/mol. The molecular formula is C22H17F3N2O3. The first kappa shape index (κ1) is 19.9. The Morgan fingerprint density at radius 1 is 1.17 bits per heavy atom. The Labute approximate surface area is 170 Å². The Hall–Kier alpha value is -3.42. The maximum Gasteiger partial charge on any atom is 0.433 e. The fourth-order valence-corrected chi connectivity index (χ4v) is 3.24. The first-order chi connectivity index (χ1) is 14.4. The lowest BCUT2D eigenvalue weighted by atomic mass is 10.00. The van der Waals surface area contributed by atoms with Crippen molar-refractivity contribution >= 4 is 17.6 Å². The molecule has 30 heavy (non-hydrogen) atoms. The largest absolute Gasteiger partial charge is 0.462 e. The monoisotopic (exact) mass is 414 g/mol. The molecule has 2 aliphatic heterocycles. The van der Waals surface area contributed by atoms with Crippen LogP contribution < -0.4 is 4.74 Å². The summed E-state index contributed by atoms with van der Waals surface area (Å²) in [7, 11) is 0. The second kappa shape index (κ2) is 7.78. The van der Waals surface area contributed by atoms with E-state index in [4.69, 9.17) is 9.47 Å². The lowest BCUT2D eigenvalue weighted by Crippen LogP contribution is -2.29. The zero-order valence-corrected chi connectivity index (χ0v) is 15.9. The van der Waals surface area contributed by atoms with E-state index in [1.165, 1.54) is 0 Å². The summed E-state index contributed by atoms with van der Waals surface area (Å²) in [6, 6.07) is 13.0. The molecule has 2 aromatic carbocycles. The Bertz CT molecular complexity index is 1070. The summed E-state index contributed by atoms with van der Waals surface area (Å²) in [4.78, 5) is 20.3. The van der Waals surface area contributed by atoms with Crippen LogP contribution in [-0.2, 0) is 4.74 Å². The molecular weight excluding hydrogens is 397 g/mol. The van der Waals surface area contributed by atoms with Gasteiger partial charge < -0.3 is 9.47 Å². The molecule has 5 nitrogen and oxygen atoms in total. The predicted octanol–water partition coefficient (Wildman–Crippen LogP) is 4.71.